The van der Waals surface area contributed by atoms with Gasteiger partial charge >= 0.3 is 0 Å². The van der Waals surface area contributed by atoms with Gasteiger partial charge in [-0.2, -0.15) is 0 Å². The number of carbonyl (C=O) groups is 2. The molecule has 2 aromatic rings. The Balaban J connectivity index is 1.58. The van der Waals surface area contributed by atoms with Crippen molar-refractivity contribution < 1.29 is 9.59 Å². The molecule has 1 aromatic heterocycles. The summed E-state index contributed by atoms with van der Waals surface area (Å²) in [6.07, 6.45) is 4.85. The van der Waals surface area contributed by atoms with Crippen molar-refractivity contribution in [2.45, 2.75) is 38.6 Å². The number of thiazole rings is 1. The second-order valence-corrected chi connectivity index (χ2v) is 6.73. The standard InChI is InChI=1S/C17H20N4O2S/c1-11(22)18-13-6-8-14(9-7-13)19-16(23)15-10-24-17(21-15)20-12-4-2-3-5-12/h6-10,12H,2-5H2,1H3,(H,18,22)(H,19,23)(H,20,21). The van der Waals surface area contributed by atoms with Gasteiger partial charge in [-0.25, -0.2) is 4.98 Å². The molecule has 6 nitrogen and oxygen atoms in total. The SMILES string of the molecule is CC(=O)Nc1ccc(NC(=O)c2csc(NC3CCCC3)n2)cc1. The Morgan fingerprint density at radius 1 is 1.08 bits per heavy atom. The highest BCUT2D eigenvalue weighted by Gasteiger charge is 2.17. The molecular weight excluding hydrogens is 324 g/mol. The lowest BCUT2D eigenvalue weighted by Crippen LogP contribution is -2.15. The predicted octanol–water partition coefficient (Wildman–Crippen LogP) is 3.71. The van der Waals surface area contributed by atoms with E-state index in [0.29, 0.717) is 23.1 Å². The van der Waals surface area contributed by atoms with Gasteiger partial charge in [0.25, 0.3) is 5.91 Å². The van der Waals surface area contributed by atoms with Crippen molar-refractivity contribution >= 4 is 39.7 Å². The van der Waals surface area contributed by atoms with Gasteiger partial charge in [-0.15, -0.1) is 11.3 Å². The number of carbonyl (C=O) groups excluding carboxylic acids is 2. The second-order valence-electron chi connectivity index (χ2n) is 5.88. The Labute approximate surface area is 144 Å². The summed E-state index contributed by atoms with van der Waals surface area (Å²) in [6.45, 7) is 1.45. The zero-order chi connectivity index (χ0) is 16.9. The zero-order valence-electron chi connectivity index (χ0n) is 13.5. The summed E-state index contributed by atoms with van der Waals surface area (Å²) in [6, 6.07) is 7.45. The maximum atomic E-state index is 12.3. The van der Waals surface area contributed by atoms with E-state index < -0.39 is 0 Å². The third-order valence-electron chi connectivity index (χ3n) is 3.88. The second kappa shape index (κ2) is 7.44. The maximum absolute atomic E-state index is 12.3. The molecule has 1 aromatic carbocycles. The molecule has 0 spiro atoms. The third-order valence-corrected chi connectivity index (χ3v) is 4.66. The smallest absolute Gasteiger partial charge is 0.275 e. The first-order chi connectivity index (χ1) is 11.6. The monoisotopic (exact) mass is 344 g/mol. The highest BCUT2D eigenvalue weighted by atomic mass is 32.1. The average Bonchev–Trinajstić information content (AvgIpc) is 3.21. The number of anilines is 3. The van der Waals surface area contributed by atoms with Crippen molar-refractivity contribution in [1.29, 1.82) is 0 Å². The first kappa shape index (κ1) is 16.4. The number of benzene rings is 1. The third kappa shape index (κ3) is 4.32. The van der Waals surface area contributed by atoms with Crippen LogP contribution in [0.5, 0.6) is 0 Å². The fraction of sp³-hybridized carbons (Fsp3) is 0.353. The molecule has 0 radical (unpaired) electrons. The van der Waals surface area contributed by atoms with Crippen LogP contribution < -0.4 is 16.0 Å². The van der Waals surface area contributed by atoms with E-state index in [-0.39, 0.29) is 11.8 Å². The van der Waals surface area contributed by atoms with E-state index in [1.54, 1.807) is 29.6 Å². The molecule has 1 saturated carbocycles. The molecular formula is C17H20N4O2S. The van der Waals surface area contributed by atoms with Crippen molar-refractivity contribution in [2.24, 2.45) is 0 Å². The number of rotatable bonds is 5. The van der Waals surface area contributed by atoms with Gasteiger partial charge in [-0.1, -0.05) is 12.8 Å². The molecule has 7 heteroatoms. The van der Waals surface area contributed by atoms with E-state index in [0.717, 1.165) is 5.13 Å². The van der Waals surface area contributed by atoms with Crippen LogP contribution in [0.1, 0.15) is 43.1 Å². The highest BCUT2D eigenvalue weighted by Crippen LogP contribution is 2.24. The van der Waals surface area contributed by atoms with Gasteiger partial charge in [0.2, 0.25) is 5.91 Å². The van der Waals surface area contributed by atoms with Crippen LogP contribution in [0, 0.1) is 0 Å². The first-order valence-electron chi connectivity index (χ1n) is 8.01. The van der Waals surface area contributed by atoms with Crippen molar-refractivity contribution in [3.8, 4) is 0 Å². The van der Waals surface area contributed by atoms with E-state index >= 15 is 0 Å². The van der Waals surface area contributed by atoms with Crippen molar-refractivity contribution in [1.82, 2.24) is 4.98 Å². The molecule has 1 aliphatic carbocycles. The lowest BCUT2D eigenvalue weighted by atomic mass is 10.2. The zero-order valence-corrected chi connectivity index (χ0v) is 14.3. The molecule has 126 valence electrons. The first-order valence-corrected chi connectivity index (χ1v) is 8.89. The van der Waals surface area contributed by atoms with Crippen LogP contribution in [-0.2, 0) is 4.79 Å². The normalized spacial score (nSPS) is 14.4. The van der Waals surface area contributed by atoms with Gasteiger partial charge < -0.3 is 16.0 Å². The molecule has 0 saturated heterocycles. The lowest BCUT2D eigenvalue weighted by Gasteiger charge is -2.09. The summed E-state index contributed by atoms with van der Waals surface area (Å²) < 4.78 is 0. The maximum Gasteiger partial charge on any atom is 0.275 e. The molecule has 0 aliphatic heterocycles. The Morgan fingerprint density at radius 2 is 1.71 bits per heavy atom. The summed E-state index contributed by atoms with van der Waals surface area (Å²) in [5.74, 6) is -0.366. The van der Waals surface area contributed by atoms with E-state index in [4.69, 9.17) is 0 Å². The average molecular weight is 344 g/mol. The molecule has 1 aliphatic rings. The topological polar surface area (TPSA) is 83.1 Å². The van der Waals surface area contributed by atoms with Crippen LogP contribution >= 0.6 is 11.3 Å². The van der Waals surface area contributed by atoms with E-state index in [2.05, 4.69) is 20.9 Å². The van der Waals surface area contributed by atoms with Crippen molar-refractivity contribution in [2.75, 3.05) is 16.0 Å². The van der Waals surface area contributed by atoms with Gasteiger partial charge in [-0.05, 0) is 37.1 Å². The molecule has 2 amide bonds. The Kier molecular flexibility index (Phi) is 5.10. The van der Waals surface area contributed by atoms with Crippen LogP contribution in [0.15, 0.2) is 29.6 Å². The summed E-state index contributed by atoms with van der Waals surface area (Å²) >= 11 is 1.45. The van der Waals surface area contributed by atoms with Gasteiger partial charge in [0.1, 0.15) is 5.69 Å². The lowest BCUT2D eigenvalue weighted by molar-refractivity contribution is -0.114. The van der Waals surface area contributed by atoms with Crippen LogP contribution in [0.2, 0.25) is 0 Å². The minimum Gasteiger partial charge on any atom is -0.359 e. The summed E-state index contributed by atoms with van der Waals surface area (Å²) in [7, 11) is 0. The molecule has 0 unspecified atom stereocenters. The van der Waals surface area contributed by atoms with Gasteiger partial charge in [0, 0.05) is 29.7 Å². The van der Waals surface area contributed by atoms with Crippen LogP contribution in [0.4, 0.5) is 16.5 Å². The number of amides is 2. The number of hydrogen-bond acceptors (Lipinski definition) is 5. The van der Waals surface area contributed by atoms with Crippen molar-refractivity contribution in [3.63, 3.8) is 0 Å². The number of nitrogens with one attached hydrogen (secondary N) is 3. The molecule has 3 N–H and O–H groups in total. The highest BCUT2D eigenvalue weighted by molar-refractivity contribution is 7.13. The Bertz CT molecular complexity index is 720. The molecule has 0 atom stereocenters. The largest absolute Gasteiger partial charge is 0.359 e. The quantitative estimate of drug-likeness (QED) is 0.772. The molecule has 1 heterocycles. The van der Waals surface area contributed by atoms with Crippen LogP contribution in [0.25, 0.3) is 0 Å². The summed E-state index contributed by atoms with van der Waals surface area (Å²) in [4.78, 5) is 27.6. The Hall–Kier alpha value is -2.41. The van der Waals surface area contributed by atoms with E-state index in [1.165, 1.54) is 43.9 Å². The number of aromatic nitrogens is 1. The molecule has 1 fully saturated rings. The van der Waals surface area contributed by atoms with Crippen molar-refractivity contribution in [3.05, 3.63) is 35.3 Å². The van der Waals surface area contributed by atoms with Crippen LogP contribution in [-0.4, -0.2) is 22.8 Å². The number of nitrogens with zero attached hydrogens (tertiary/aromatic N) is 1. The predicted molar refractivity (Wildman–Crippen MR) is 96.7 cm³/mol. The van der Waals surface area contributed by atoms with E-state index in [9.17, 15) is 9.59 Å². The molecule has 0 bridgehead atoms. The van der Waals surface area contributed by atoms with Gasteiger partial charge in [0.15, 0.2) is 5.13 Å². The van der Waals surface area contributed by atoms with Gasteiger partial charge in [-0.3, -0.25) is 9.59 Å². The summed E-state index contributed by atoms with van der Waals surface area (Å²) in [5, 5.41) is 11.4. The minimum atomic E-state index is -0.238. The fourth-order valence-electron chi connectivity index (χ4n) is 2.72. The molecule has 3 rings (SSSR count). The van der Waals surface area contributed by atoms with Crippen LogP contribution in [0.3, 0.4) is 0 Å². The minimum absolute atomic E-state index is 0.128. The molecule has 24 heavy (non-hydrogen) atoms. The summed E-state index contributed by atoms with van der Waals surface area (Å²) in [5.41, 5.74) is 1.76. The Morgan fingerprint density at radius 3 is 2.33 bits per heavy atom. The van der Waals surface area contributed by atoms with E-state index in [1.807, 2.05) is 0 Å². The number of hydrogen-bond donors (Lipinski definition) is 3. The van der Waals surface area contributed by atoms with Gasteiger partial charge in [0.05, 0.1) is 0 Å². The fourth-order valence-corrected chi connectivity index (χ4v) is 3.49.